The first-order valence-electron chi connectivity index (χ1n) is 11.4. The second-order valence-electron chi connectivity index (χ2n) is 8.45. The normalized spacial score (nSPS) is 13.9. The van der Waals surface area contributed by atoms with E-state index in [-0.39, 0.29) is 30.7 Å². The summed E-state index contributed by atoms with van der Waals surface area (Å²) in [5.74, 6) is 0.133. The molecule has 0 aliphatic carbocycles. The maximum atomic E-state index is 13.7. The topological polar surface area (TPSA) is 67.7 Å². The molecule has 2 heterocycles. The zero-order chi connectivity index (χ0) is 24.2. The molecule has 178 valence electrons. The van der Waals surface area contributed by atoms with E-state index in [0.717, 1.165) is 29.8 Å². The number of anilines is 1. The van der Waals surface area contributed by atoms with Crippen LogP contribution in [0.3, 0.4) is 0 Å². The van der Waals surface area contributed by atoms with Crippen molar-refractivity contribution in [2.75, 3.05) is 31.6 Å². The Bertz CT molecular complexity index is 1210. The van der Waals surface area contributed by atoms with Crippen molar-refractivity contribution in [3.63, 3.8) is 0 Å². The number of rotatable bonds is 7. The van der Waals surface area contributed by atoms with Crippen molar-refractivity contribution in [1.29, 1.82) is 0 Å². The number of piperazine rings is 1. The summed E-state index contributed by atoms with van der Waals surface area (Å²) in [7, 11) is 1.59. The van der Waals surface area contributed by atoms with Crippen LogP contribution in [0.15, 0.2) is 48.5 Å². The molecule has 3 aromatic rings. The molecule has 8 heteroatoms. The number of aromatic nitrogens is 2. The molecule has 1 aliphatic heterocycles. The van der Waals surface area contributed by atoms with E-state index >= 15 is 0 Å². The van der Waals surface area contributed by atoms with Crippen molar-refractivity contribution in [3.05, 3.63) is 65.6 Å². The second kappa shape index (κ2) is 10.1. The molecule has 4 rings (SSSR count). The molecule has 0 radical (unpaired) electrons. The first-order valence-corrected chi connectivity index (χ1v) is 11.4. The van der Waals surface area contributed by atoms with Crippen LogP contribution >= 0.6 is 0 Å². The fourth-order valence-corrected chi connectivity index (χ4v) is 4.16. The highest BCUT2D eigenvalue weighted by atomic mass is 19.1. The van der Waals surface area contributed by atoms with Gasteiger partial charge in [0.15, 0.2) is 0 Å². The second-order valence-corrected chi connectivity index (χ2v) is 8.45. The smallest absolute Gasteiger partial charge is 0.246 e. The van der Waals surface area contributed by atoms with Gasteiger partial charge in [0, 0.05) is 36.1 Å². The average Bonchev–Trinajstić information content (AvgIpc) is 3.23. The van der Waals surface area contributed by atoms with Gasteiger partial charge in [-0.25, -0.2) is 4.39 Å². The third kappa shape index (κ3) is 4.95. The Labute approximate surface area is 198 Å². The largest absolute Gasteiger partial charge is 0.497 e. The molecule has 0 spiro atoms. The van der Waals surface area contributed by atoms with Crippen LogP contribution in [0.25, 0.3) is 11.3 Å². The van der Waals surface area contributed by atoms with Crippen LogP contribution in [-0.4, -0.2) is 53.2 Å². The Morgan fingerprint density at radius 3 is 2.68 bits per heavy atom. The van der Waals surface area contributed by atoms with Gasteiger partial charge in [0.25, 0.3) is 0 Å². The van der Waals surface area contributed by atoms with Gasteiger partial charge in [-0.2, -0.15) is 5.10 Å². The van der Waals surface area contributed by atoms with E-state index in [1.54, 1.807) is 40.6 Å². The van der Waals surface area contributed by atoms with Crippen LogP contribution < -0.4 is 9.64 Å². The summed E-state index contributed by atoms with van der Waals surface area (Å²) in [6, 6.07) is 14.2. The minimum Gasteiger partial charge on any atom is -0.497 e. The lowest BCUT2D eigenvalue weighted by atomic mass is 10.1. The molecule has 0 N–H and O–H groups in total. The fourth-order valence-electron chi connectivity index (χ4n) is 4.16. The molecular weight excluding hydrogens is 435 g/mol. The Morgan fingerprint density at radius 1 is 1.15 bits per heavy atom. The fraction of sp³-hybridized carbons (Fsp3) is 0.346. The van der Waals surface area contributed by atoms with Gasteiger partial charge in [0.2, 0.25) is 11.8 Å². The third-order valence-electron chi connectivity index (χ3n) is 6.05. The van der Waals surface area contributed by atoms with Gasteiger partial charge in [0.05, 0.1) is 12.8 Å². The van der Waals surface area contributed by atoms with Crippen LogP contribution in [0.5, 0.6) is 5.75 Å². The Hall–Kier alpha value is -3.68. The molecule has 1 aromatic heterocycles. The summed E-state index contributed by atoms with van der Waals surface area (Å²) in [6.07, 6.45) is 1.67. The zero-order valence-electron chi connectivity index (χ0n) is 19.8. The van der Waals surface area contributed by atoms with Crippen molar-refractivity contribution in [2.45, 2.75) is 33.2 Å². The molecule has 0 saturated carbocycles. The number of aryl methyl sites for hydroxylation is 2. The van der Waals surface area contributed by atoms with Gasteiger partial charge >= 0.3 is 0 Å². The van der Waals surface area contributed by atoms with Crippen molar-refractivity contribution in [3.8, 4) is 17.0 Å². The van der Waals surface area contributed by atoms with E-state index in [0.29, 0.717) is 30.1 Å². The van der Waals surface area contributed by atoms with Crippen molar-refractivity contribution in [2.24, 2.45) is 0 Å². The summed E-state index contributed by atoms with van der Waals surface area (Å²) in [6.45, 7) is 4.72. The number of benzene rings is 2. The molecule has 0 bridgehead atoms. The molecule has 1 fully saturated rings. The third-order valence-corrected chi connectivity index (χ3v) is 6.05. The number of amides is 2. The molecule has 0 atom stereocenters. The molecular formula is C26H29FN4O3. The van der Waals surface area contributed by atoms with Crippen LogP contribution in [-0.2, 0) is 22.6 Å². The maximum absolute atomic E-state index is 13.7. The number of halogens is 1. The van der Waals surface area contributed by atoms with E-state index in [4.69, 9.17) is 4.74 Å². The van der Waals surface area contributed by atoms with Crippen LogP contribution in [0.4, 0.5) is 10.1 Å². The highest BCUT2D eigenvalue weighted by Crippen LogP contribution is 2.24. The number of methoxy groups -OCH3 is 1. The van der Waals surface area contributed by atoms with E-state index in [1.807, 2.05) is 30.3 Å². The van der Waals surface area contributed by atoms with Gasteiger partial charge in [-0.05, 0) is 55.3 Å². The predicted octanol–water partition coefficient (Wildman–Crippen LogP) is 3.83. The monoisotopic (exact) mass is 464 g/mol. The highest BCUT2D eigenvalue weighted by Gasteiger charge is 2.29. The first kappa shape index (κ1) is 23.5. The SMILES string of the molecule is CCCc1cc(-c2ccc(F)c(C)c2)nn1CC(=O)N1CCN(c2cccc(OC)c2)C(=O)C1. The number of carbonyl (C=O) groups excluding carboxylic acids is 2. The predicted molar refractivity (Wildman–Crippen MR) is 128 cm³/mol. The lowest BCUT2D eigenvalue weighted by molar-refractivity contribution is -0.137. The minimum atomic E-state index is -0.259. The average molecular weight is 465 g/mol. The molecule has 1 saturated heterocycles. The van der Waals surface area contributed by atoms with Gasteiger partial charge < -0.3 is 14.5 Å². The summed E-state index contributed by atoms with van der Waals surface area (Å²) in [4.78, 5) is 29.2. The number of hydrogen-bond acceptors (Lipinski definition) is 4. The minimum absolute atomic E-state index is 0.0183. The first-order chi connectivity index (χ1) is 16.4. The maximum Gasteiger partial charge on any atom is 0.246 e. The van der Waals surface area contributed by atoms with Crippen molar-refractivity contribution in [1.82, 2.24) is 14.7 Å². The lowest BCUT2D eigenvalue weighted by Crippen LogP contribution is -2.53. The standard InChI is InChI=1S/C26H29FN4O3/c1-4-6-21-15-24(19-9-10-23(27)18(2)13-19)28-31(21)17-25(32)29-11-12-30(26(33)16-29)20-7-5-8-22(14-20)34-3/h5,7-10,13-15H,4,6,11-12,16-17H2,1-3H3. The summed E-state index contributed by atoms with van der Waals surface area (Å²) in [5, 5.41) is 4.64. The lowest BCUT2D eigenvalue weighted by Gasteiger charge is -2.34. The van der Waals surface area contributed by atoms with Gasteiger partial charge in [0.1, 0.15) is 24.7 Å². The molecule has 0 unspecified atom stereocenters. The number of carbonyl (C=O) groups is 2. The van der Waals surface area contributed by atoms with Crippen molar-refractivity contribution >= 4 is 17.5 Å². The zero-order valence-corrected chi connectivity index (χ0v) is 19.8. The van der Waals surface area contributed by atoms with E-state index < -0.39 is 0 Å². The quantitative estimate of drug-likeness (QED) is 0.533. The Kier molecular flexibility index (Phi) is 6.95. The summed E-state index contributed by atoms with van der Waals surface area (Å²) in [5.41, 5.74) is 3.76. The van der Waals surface area contributed by atoms with Crippen LogP contribution in [0.1, 0.15) is 24.6 Å². The molecule has 7 nitrogen and oxygen atoms in total. The van der Waals surface area contributed by atoms with Crippen LogP contribution in [0, 0.1) is 12.7 Å². The van der Waals surface area contributed by atoms with Crippen LogP contribution in [0.2, 0.25) is 0 Å². The Morgan fingerprint density at radius 2 is 1.97 bits per heavy atom. The van der Waals surface area contributed by atoms with E-state index in [9.17, 15) is 14.0 Å². The summed E-state index contributed by atoms with van der Waals surface area (Å²) < 4.78 is 20.7. The van der Waals surface area contributed by atoms with E-state index in [2.05, 4.69) is 12.0 Å². The number of ether oxygens (including phenoxy) is 1. The Balaban J connectivity index is 1.47. The van der Waals surface area contributed by atoms with E-state index in [1.165, 1.54) is 6.07 Å². The van der Waals surface area contributed by atoms with Gasteiger partial charge in [-0.3, -0.25) is 14.3 Å². The molecule has 34 heavy (non-hydrogen) atoms. The van der Waals surface area contributed by atoms with Gasteiger partial charge in [-0.15, -0.1) is 0 Å². The number of nitrogens with zero attached hydrogens (tertiary/aromatic N) is 4. The number of hydrogen-bond donors (Lipinski definition) is 0. The molecule has 2 amide bonds. The molecule has 2 aromatic carbocycles. The van der Waals surface area contributed by atoms with Gasteiger partial charge in [-0.1, -0.05) is 19.4 Å². The summed E-state index contributed by atoms with van der Waals surface area (Å²) >= 11 is 0. The van der Waals surface area contributed by atoms with Crippen molar-refractivity contribution < 1.29 is 18.7 Å². The molecule has 1 aliphatic rings. The highest BCUT2D eigenvalue weighted by molar-refractivity contribution is 5.98.